The zero-order chi connectivity index (χ0) is 19.3. The lowest BCUT2D eigenvalue weighted by molar-refractivity contribution is -0.163. The van der Waals surface area contributed by atoms with Gasteiger partial charge in [0.05, 0.1) is 31.9 Å². The Morgan fingerprint density at radius 2 is 2.12 bits per heavy atom. The number of fused-ring (bicyclic) bond motifs is 2. The zero-order valence-electron chi connectivity index (χ0n) is 13.1. The van der Waals surface area contributed by atoms with Gasteiger partial charge in [-0.2, -0.15) is 13.5 Å². The van der Waals surface area contributed by atoms with Crippen molar-refractivity contribution in [2.75, 3.05) is 26.4 Å². The quantitative estimate of drug-likeness (QED) is 0.337. The van der Waals surface area contributed by atoms with Crippen molar-refractivity contribution in [2.45, 2.75) is 30.0 Å². The second kappa shape index (κ2) is 6.21. The number of carbonyl (C=O) groups is 2. The molecule has 3 aliphatic rings. The van der Waals surface area contributed by atoms with Gasteiger partial charge >= 0.3 is 16.4 Å². The number of urea groups is 1. The summed E-state index contributed by atoms with van der Waals surface area (Å²) in [6.07, 6.45) is -1.08. The van der Waals surface area contributed by atoms with E-state index >= 15 is 0 Å². The molecule has 3 aliphatic heterocycles. The third kappa shape index (κ3) is 3.58. The zero-order valence-corrected chi connectivity index (χ0v) is 13.9. The number of rotatable bonds is 6. The third-order valence-electron chi connectivity index (χ3n) is 4.20. The van der Waals surface area contributed by atoms with Crippen LogP contribution in [0, 0.1) is 0 Å². The van der Waals surface area contributed by atoms with E-state index in [-0.39, 0.29) is 24.9 Å². The molecule has 0 spiro atoms. The molecule has 0 radical (unpaired) electrons. The highest BCUT2D eigenvalue weighted by Crippen LogP contribution is 2.41. The minimum Gasteiger partial charge on any atom is -0.377 e. The van der Waals surface area contributed by atoms with Crippen molar-refractivity contribution in [3.8, 4) is 0 Å². The van der Waals surface area contributed by atoms with E-state index < -0.39 is 58.8 Å². The fourth-order valence-corrected chi connectivity index (χ4v) is 3.22. The Balaban J connectivity index is 1.67. The van der Waals surface area contributed by atoms with Crippen LogP contribution in [0.15, 0.2) is 0 Å². The van der Waals surface area contributed by atoms with Crippen molar-refractivity contribution in [1.82, 2.24) is 15.4 Å². The summed E-state index contributed by atoms with van der Waals surface area (Å²) < 4.78 is 67.5. The van der Waals surface area contributed by atoms with Crippen LogP contribution in [0.2, 0.25) is 0 Å². The molecule has 3 amide bonds. The van der Waals surface area contributed by atoms with Gasteiger partial charge in [-0.25, -0.2) is 19.1 Å². The number of nitrogens with two attached hydrogens (primary N) is 1. The van der Waals surface area contributed by atoms with E-state index in [1.165, 1.54) is 0 Å². The molecule has 26 heavy (non-hydrogen) atoms. The number of hydrogen-bond acceptors (Lipinski definition) is 8. The lowest BCUT2D eigenvalue weighted by Gasteiger charge is -2.37. The summed E-state index contributed by atoms with van der Waals surface area (Å²) in [6, 6.07) is -4.90. The largest absolute Gasteiger partial charge is 0.418 e. The Labute approximate surface area is 146 Å². The van der Waals surface area contributed by atoms with E-state index in [9.17, 15) is 26.8 Å². The minimum atomic E-state index is -5.20. The van der Waals surface area contributed by atoms with Crippen LogP contribution >= 0.6 is 0 Å². The molecule has 12 nitrogen and oxygen atoms in total. The fourth-order valence-electron chi connectivity index (χ4n) is 2.85. The van der Waals surface area contributed by atoms with E-state index in [0.29, 0.717) is 4.90 Å². The number of amides is 3. The summed E-state index contributed by atoms with van der Waals surface area (Å²) in [6.45, 7) is -0.387. The molecule has 0 aromatic carbocycles. The minimum absolute atomic E-state index is 0.129. The molecule has 3 heterocycles. The molecule has 0 saturated carbocycles. The standard InChI is InChI=1S/C11H16F2N4O8S/c12-11(13)1-6(8(18)15-24-5-10(14)3-23-4-10)16-2-7(11)17(9(16)19)25-26(20,21)22/h6-7H,1-5,14H2,(H,15,18)(H,20,21,22). The van der Waals surface area contributed by atoms with E-state index in [1.807, 2.05) is 5.48 Å². The summed E-state index contributed by atoms with van der Waals surface area (Å²) in [7, 11) is -5.20. The number of hydrogen-bond donors (Lipinski definition) is 3. The highest BCUT2D eigenvalue weighted by molar-refractivity contribution is 7.80. The lowest BCUT2D eigenvalue weighted by atomic mass is 9.96. The molecule has 0 aromatic rings. The van der Waals surface area contributed by atoms with Crippen LogP contribution < -0.4 is 11.2 Å². The molecule has 15 heteroatoms. The number of piperidine rings is 1. The molecular formula is C11H16F2N4O8S. The van der Waals surface area contributed by atoms with Crippen molar-refractivity contribution < 1.29 is 45.2 Å². The predicted octanol–water partition coefficient (Wildman–Crippen LogP) is -1.99. The Morgan fingerprint density at radius 1 is 1.46 bits per heavy atom. The number of alkyl halides is 2. The normalized spacial score (nSPS) is 29.5. The summed E-state index contributed by atoms with van der Waals surface area (Å²) in [5.41, 5.74) is 6.94. The van der Waals surface area contributed by atoms with Gasteiger partial charge in [-0.1, -0.05) is 0 Å². The number of carbonyl (C=O) groups excluding carboxylic acids is 2. The summed E-state index contributed by atoms with van der Waals surface area (Å²) in [5.74, 6) is -4.68. The molecule has 3 rings (SSSR count). The van der Waals surface area contributed by atoms with Crippen molar-refractivity contribution >= 4 is 22.3 Å². The first kappa shape index (κ1) is 19.1. The molecule has 3 fully saturated rings. The van der Waals surface area contributed by atoms with Crippen LogP contribution in [0.5, 0.6) is 0 Å². The second-order valence-corrected chi connectivity index (χ2v) is 7.37. The van der Waals surface area contributed by atoms with Gasteiger partial charge in [0.25, 0.3) is 11.8 Å². The van der Waals surface area contributed by atoms with E-state index in [2.05, 4.69) is 4.28 Å². The SMILES string of the molecule is NC1(CONC(=O)C2CC(F)(F)C3CN2C(=O)N3OS(=O)(=O)O)COC1. The highest BCUT2D eigenvalue weighted by Gasteiger charge is 2.62. The Morgan fingerprint density at radius 3 is 2.65 bits per heavy atom. The Hall–Kier alpha value is -1.65. The molecule has 2 atom stereocenters. The molecule has 4 N–H and O–H groups in total. The van der Waals surface area contributed by atoms with Gasteiger partial charge in [0.1, 0.15) is 12.1 Å². The lowest BCUT2D eigenvalue weighted by Crippen LogP contribution is -2.62. The fraction of sp³-hybridized carbons (Fsp3) is 0.818. The van der Waals surface area contributed by atoms with Gasteiger partial charge in [0.15, 0.2) is 0 Å². The van der Waals surface area contributed by atoms with Gasteiger partial charge < -0.3 is 15.4 Å². The average molecular weight is 402 g/mol. The van der Waals surface area contributed by atoms with E-state index in [4.69, 9.17) is 19.9 Å². The van der Waals surface area contributed by atoms with Gasteiger partial charge in [0.2, 0.25) is 0 Å². The molecule has 3 saturated heterocycles. The number of halogens is 2. The maximum atomic E-state index is 14.2. The van der Waals surface area contributed by atoms with Gasteiger partial charge in [0, 0.05) is 6.42 Å². The summed E-state index contributed by atoms with van der Waals surface area (Å²) >= 11 is 0. The topological polar surface area (TPSA) is 161 Å². The first-order chi connectivity index (χ1) is 11.9. The van der Waals surface area contributed by atoms with Crippen LogP contribution in [-0.4, -0.2) is 84.8 Å². The molecule has 2 unspecified atom stereocenters. The van der Waals surface area contributed by atoms with Crippen molar-refractivity contribution in [2.24, 2.45) is 5.73 Å². The van der Waals surface area contributed by atoms with Crippen LogP contribution in [0.25, 0.3) is 0 Å². The molecular weight excluding hydrogens is 386 g/mol. The summed E-state index contributed by atoms with van der Waals surface area (Å²) in [4.78, 5) is 29.9. The molecule has 0 aliphatic carbocycles. The van der Waals surface area contributed by atoms with Gasteiger partial charge in [-0.15, -0.1) is 4.28 Å². The van der Waals surface area contributed by atoms with Gasteiger partial charge in [-0.3, -0.25) is 14.2 Å². The summed E-state index contributed by atoms with van der Waals surface area (Å²) in [5, 5.41) is -0.149. The smallest absolute Gasteiger partial charge is 0.377 e. The first-order valence-electron chi connectivity index (χ1n) is 7.35. The van der Waals surface area contributed by atoms with Crippen LogP contribution in [0.4, 0.5) is 13.6 Å². The third-order valence-corrected chi connectivity index (χ3v) is 4.55. The number of nitrogens with zero attached hydrogens (tertiary/aromatic N) is 2. The number of hydroxylamine groups is 3. The van der Waals surface area contributed by atoms with Crippen LogP contribution in [0.1, 0.15) is 6.42 Å². The van der Waals surface area contributed by atoms with Crippen molar-refractivity contribution in [3.63, 3.8) is 0 Å². The molecule has 0 aromatic heterocycles. The highest BCUT2D eigenvalue weighted by atomic mass is 32.3. The predicted molar refractivity (Wildman–Crippen MR) is 75.5 cm³/mol. The van der Waals surface area contributed by atoms with Crippen LogP contribution in [0.3, 0.4) is 0 Å². The monoisotopic (exact) mass is 402 g/mol. The van der Waals surface area contributed by atoms with Crippen molar-refractivity contribution in [1.29, 1.82) is 0 Å². The molecule has 148 valence electrons. The second-order valence-electron chi connectivity index (χ2n) is 6.37. The maximum Gasteiger partial charge on any atom is 0.418 e. The Bertz CT molecular complexity index is 715. The van der Waals surface area contributed by atoms with Crippen molar-refractivity contribution in [3.05, 3.63) is 0 Å². The van der Waals surface area contributed by atoms with E-state index in [1.54, 1.807) is 0 Å². The number of ether oxygens (including phenoxy) is 1. The molecule has 2 bridgehead atoms. The van der Waals surface area contributed by atoms with E-state index in [0.717, 1.165) is 0 Å². The first-order valence-corrected chi connectivity index (χ1v) is 8.71. The maximum absolute atomic E-state index is 14.2. The Kier molecular flexibility index (Phi) is 4.56. The van der Waals surface area contributed by atoms with Gasteiger partial charge in [-0.05, 0) is 0 Å². The van der Waals surface area contributed by atoms with Crippen LogP contribution in [-0.2, 0) is 29.1 Å². The number of nitrogens with one attached hydrogen (secondary N) is 1. The average Bonchev–Trinajstić information content (AvgIpc) is 2.76.